The molecule has 0 saturated carbocycles. The van der Waals surface area contributed by atoms with Crippen molar-refractivity contribution < 1.29 is 9.90 Å². The van der Waals surface area contributed by atoms with Gasteiger partial charge in [0.15, 0.2) is 0 Å². The molecular formula is C13H13ClO2. The normalized spacial score (nSPS) is 21.9. The third-order valence-corrected chi connectivity index (χ3v) is 3.09. The van der Waals surface area contributed by atoms with Crippen LogP contribution in [0.2, 0.25) is 5.02 Å². The van der Waals surface area contributed by atoms with Gasteiger partial charge in [-0.05, 0) is 47.6 Å². The van der Waals surface area contributed by atoms with Crippen LogP contribution in [0.15, 0.2) is 24.3 Å². The van der Waals surface area contributed by atoms with Crippen molar-refractivity contribution in [2.75, 3.05) is 0 Å². The number of carbonyl (C=O) groups is 1. The molecule has 0 aliphatic heterocycles. The molecule has 1 aliphatic rings. The zero-order valence-electron chi connectivity index (χ0n) is 9.03. The van der Waals surface area contributed by atoms with Crippen LogP contribution >= 0.6 is 11.6 Å². The number of hydrogen-bond acceptors (Lipinski definition) is 1. The molecule has 3 heteroatoms. The van der Waals surface area contributed by atoms with Gasteiger partial charge in [-0.1, -0.05) is 24.6 Å². The summed E-state index contributed by atoms with van der Waals surface area (Å²) in [5.41, 5.74) is 3.06. The first-order valence-electron chi connectivity index (χ1n) is 5.28. The van der Waals surface area contributed by atoms with Crippen LogP contribution in [0.5, 0.6) is 0 Å². The van der Waals surface area contributed by atoms with E-state index in [0.717, 1.165) is 24.0 Å². The zero-order valence-corrected chi connectivity index (χ0v) is 9.79. The predicted molar refractivity (Wildman–Crippen MR) is 64.5 cm³/mol. The molecular weight excluding hydrogens is 224 g/mol. The monoisotopic (exact) mass is 236 g/mol. The Morgan fingerprint density at radius 2 is 2.25 bits per heavy atom. The van der Waals surface area contributed by atoms with Crippen LogP contribution < -0.4 is 0 Å². The van der Waals surface area contributed by atoms with Crippen LogP contribution in [-0.4, -0.2) is 11.1 Å². The first-order valence-corrected chi connectivity index (χ1v) is 5.66. The summed E-state index contributed by atoms with van der Waals surface area (Å²) < 4.78 is 0. The predicted octanol–water partition coefficient (Wildman–Crippen LogP) is 3.39. The van der Waals surface area contributed by atoms with Gasteiger partial charge in [0.1, 0.15) is 0 Å². The van der Waals surface area contributed by atoms with Crippen molar-refractivity contribution in [1.82, 2.24) is 0 Å². The summed E-state index contributed by atoms with van der Waals surface area (Å²) in [5.74, 6) is -0.408. The molecule has 0 spiro atoms. The molecule has 0 aromatic heterocycles. The molecule has 84 valence electrons. The Bertz CT molecular complexity index is 463. The molecule has 0 saturated heterocycles. The fourth-order valence-electron chi connectivity index (χ4n) is 2.24. The third-order valence-electron chi connectivity index (χ3n) is 2.85. The number of hydrogen-bond donors (Lipinski definition) is 1. The smallest absolute Gasteiger partial charge is 0.328 e. The number of carboxylic acids is 1. The molecule has 2 nitrogen and oxygen atoms in total. The SMILES string of the molecule is CC1C/C(=C\C(=O)O)c2cc(Cl)ccc2C1. The van der Waals surface area contributed by atoms with Gasteiger partial charge >= 0.3 is 5.97 Å². The van der Waals surface area contributed by atoms with Crippen molar-refractivity contribution in [3.8, 4) is 0 Å². The Labute approximate surface area is 99.5 Å². The van der Waals surface area contributed by atoms with Gasteiger partial charge in [-0.25, -0.2) is 4.79 Å². The summed E-state index contributed by atoms with van der Waals surface area (Å²) in [6.45, 7) is 2.13. The van der Waals surface area contributed by atoms with Crippen molar-refractivity contribution in [2.45, 2.75) is 19.8 Å². The molecule has 1 aromatic rings. The number of carboxylic acid groups (broad SMARTS) is 1. The van der Waals surface area contributed by atoms with E-state index in [2.05, 4.69) is 6.92 Å². The zero-order chi connectivity index (χ0) is 11.7. The molecule has 1 unspecified atom stereocenters. The van der Waals surface area contributed by atoms with Crippen LogP contribution in [0, 0.1) is 5.92 Å². The van der Waals surface area contributed by atoms with Crippen LogP contribution in [0.1, 0.15) is 24.5 Å². The summed E-state index contributed by atoms with van der Waals surface area (Å²) in [7, 11) is 0. The molecule has 0 bridgehead atoms. The minimum atomic E-state index is -0.893. The highest BCUT2D eigenvalue weighted by molar-refractivity contribution is 6.30. The first kappa shape index (κ1) is 11.2. The van der Waals surface area contributed by atoms with Crippen molar-refractivity contribution in [3.63, 3.8) is 0 Å². The number of allylic oxidation sites excluding steroid dienone is 1. The van der Waals surface area contributed by atoms with E-state index in [-0.39, 0.29) is 0 Å². The Kier molecular flexibility index (Phi) is 3.01. The second kappa shape index (κ2) is 4.30. The maximum atomic E-state index is 10.8. The molecule has 0 fully saturated rings. The van der Waals surface area contributed by atoms with E-state index in [1.54, 1.807) is 0 Å². The van der Waals surface area contributed by atoms with E-state index < -0.39 is 5.97 Å². The lowest BCUT2D eigenvalue weighted by molar-refractivity contribution is -0.131. The molecule has 1 aromatic carbocycles. The fourth-order valence-corrected chi connectivity index (χ4v) is 2.42. The average molecular weight is 237 g/mol. The number of rotatable bonds is 1. The van der Waals surface area contributed by atoms with Gasteiger partial charge in [0.05, 0.1) is 0 Å². The van der Waals surface area contributed by atoms with Gasteiger partial charge in [0.25, 0.3) is 0 Å². The van der Waals surface area contributed by atoms with Crippen LogP contribution in [0.3, 0.4) is 0 Å². The highest BCUT2D eigenvalue weighted by atomic mass is 35.5. The molecule has 1 N–H and O–H groups in total. The molecule has 0 radical (unpaired) electrons. The maximum Gasteiger partial charge on any atom is 0.328 e. The van der Waals surface area contributed by atoms with E-state index >= 15 is 0 Å². The highest BCUT2D eigenvalue weighted by Crippen LogP contribution is 2.35. The minimum Gasteiger partial charge on any atom is -0.478 e. The number of fused-ring (bicyclic) bond motifs is 1. The Balaban J connectivity index is 2.51. The topological polar surface area (TPSA) is 37.3 Å². The van der Waals surface area contributed by atoms with E-state index in [9.17, 15) is 4.79 Å². The number of aliphatic carboxylic acids is 1. The van der Waals surface area contributed by atoms with Gasteiger partial charge in [-0.15, -0.1) is 0 Å². The molecule has 16 heavy (non-hydrogen) atoms. The van der Waals surface area contributed by atoms with Crippen molar-refractivity contribution in [2.24, 2.45) is 5.92 Å². The van der Waals surface area contributed by atoms with Gasteiger partial charge in [0, 0.05) is 11.1 Å². The summed E-state index contributed by atoms with van der Waals surface area (Å²) in [4.78, 5) is 10.8. The van der Waals surface area contributed by atoms with E-state index in [4.69, 9.17) is 16.7 Å². The molecule has 0 amide bonds. The number of benzene rings is 1. The van der Waals surface area contributed by atoms with E-state index in [1.165, 1.54) is 11.6 Å². The van der Waals surface area contributed by atoms with E-state index in [0.29, 0.717) is 10.9 Å². The van der Waals surface area contributed by atoms with E-state index in [1.807, 2.05) is 18.2 Å². The largest absolute Gasteiger partial charge is 0.478 e. The molecule has 2 rings (SSSR count). The van der Waals surface area contributed by atoms with Crippen molar-refractivity contribution in [3.05, 3.63) is 40.4 Å². The summed E-state index contributed by atoms with van der Waals surface area (Å²) in [6, 6.07) is 5.71. The maximum absolute atomic E-state index is 10.8. The second-order valence-electron chi connectivity index (χ2n) is 4.32. The van der Waals surface area contributed by atoms with Gasteiger partial charge in [-0.3, -0.25) is 0 Å². The summed E-state index contributed by atoms with van der Waals surface area (Å²) in [6.07, 6.45) is 3.09. The van der Waals surface area contributed by atoms with Crippen molar-refractivity contribution in [1.29, 1.82) is 0 Å². The Morgan fingerprint density at radius 1 is 1.50 bits per heavy atom. The van der Waals surface area contributed by atoms with Crippen molar-refractivity contribution >= 4 is 23.1 Å². The minimum absolute atomic E-state index is 0.485. The molecule has 1 aliphatic carbocycles. The summed E-state index contributed by atoms with van der Waals surface area (Å²) in [5, 5.41) is 9.49. The molecule has 0 heterocycles. The van der Waals surface area contributed by atoms with Crippen LogP contribution in [0.4, 0.5) is 0 Å². The van der Waals surface area contributed by atoms with Gasteiger partial charge < -0.3 is 5.11 Å². The first-order chi connectivity index (χ1) is 7.56. The highest BCUT2D eigenvalue weighted by Gasteiger charge is 2.20. The summed E-state index contributed by atoms with van der Waals surface area (Å²) >= 11 is 5.94. The third kappa shape index (κ3) is 2.27. The number of halogens is 1. The lowest BCUT2D eigenvalue weighted by Gasteiger charge is -2.24. The fraction of sp³-hybridized carbons (Fsp3) is 0.308. The lowest BCUT2D eigenvalue weighted by atomic mass is 9.81. The quantitative estimate of drug-likeness (QED) is 0.759. The van der Waals surface area contributed by atoms with Gasteiger partial charge in [-0.2, -0.15) is 0 Å². The Morgan fingerprint density at radius 3 is 2.94 bits per heavy atom. The average Bonchev–Trinajstić information content (AvgIpc) is 2.18. The second-order valence-corrected chi connectivity index (χ2v) is 4.76. The molecule has 1 atom stereocenters. The lowest BCUT2D eigenvalue weighted by Crippen LogP contribution is -2.11. The Hall–Kier alpha value is -1.28. The van der Waals surface area contributed by atoms with Crippen LogP contribution in [0.25, 0.3) is 5.57 Å². The van der Waals surface area contributed by atoms with Crippen LogP contribution in [-0.2, 0) is 11.2 Å². The standard InChI is InChI=1S/C13H13ClO2/c1-8-4-9-2-3-11(14)7-12(9)10(5-8)6-13(15)16/h2-3,6-8H,4-5H2,1H3,(H,15,16)/b10-6+. The van der Waals surface area contributed by atoms with Gasteiger partial charge in [0.2, 0.25) is 0 Å².